The topological polar surface area (TPSA) is 82.8 Å². The van der Waals surface area contributed by atoms with Crippen LogP contribution in [0.2, 0.25) is 0 Å². The quantitative estimate of drug-likeness (QED) is 0.755. The first-order valence-corrected chi connectivity index (χ1v) is 8.41. The van der Waals surface area contributed by atoms with Gasteiger partial charge in [-0.25, -0.2) is 0 Å². The van der Waals surface area contributed by atoms with Crippen LogP contribution in [0, 0.1) is 0 Å². The fraction of sp³-hybridized carbons (Fsp3) is 0.389. The summed E-state index contributed by atoms with van der Waals surface area (Å²) in [6.45, 7) is 2.83. The van der Waals surface area contributed by atoms with Crippen molar-refractivity contribution in [3.8, 4) is 11.5 Å². The van der Waals surface area contributed by atoms with E-state index in [0.717, 1.165) is 43.5 Å². The van der Waals surface area contributed by atoms with Gasteiger partial charge in [-0.2, -0.15) is 10.1 Å². The molecular formula is C18H22ClN5O. The molecule has 3 aromatic rings. The molecule has 2 heterocycles. The molecule has 132 valence electrons. The summed E-state index contributed by atoms with van der Waals surface area (Å²) in [4.78, 5) is 4.55. The average Bonchev–Trinajstić information content (AvgIpc) is 3.20. The van der Waals surface area contributed by atoms with Crippen LogP contribution in [0.3, 0.4) is 0 Å². The lowest BCUT2D eigenvalue weighted by Gasteiger charge is -2.34. The third-order valence-corrected chi connectivity index (χ3v) is 4.81. The molecule has 25 heavy (non-hydrogen) atoms. The van der Waals surface area contributed by atoms with Crippen LogP contribution in [0.1, 0.15) is 43.3 Å². The standard InChI is InChI=1S/C18H21N5O.ClH/c1-2-15-14(11-20-23(15)12-13-7-4-3-5-8-13)16-21-17(22-24-16)18(19)9-6-10-18;/h3-5,7-8,11H,2,6,9-10,12,19H2,1H3;1H. The minimum absolute atomic E-state index is 0. The Bertz CT molecular complexity index is 838. The third-order valence-electron chi connectivity index (χ3n) is 4.81. The van der Waals surface area contributed by atoms with Crippen molar-refractivity contribution in [2.75, 3.05) is 0 Å². The summed E-state index contributed by atoms with van der Waals surface area (Å²) in [5, 5.41) is 8.63. The second-order valence-corrected chi connectivity index (χ2v) is 6.43. The van der Waals surface area contributed by atoms with Crippen LogP contribution in [0.15, 0.2) is 41.1 Å². The van der Waals surface area contributed by atoms with Gasteiger partial charge in [0, 0.05) is 0 Å². The van der Waals surface area contributed by atoms with Gasteiger partial charge in [0.05, 0.1) is 29.5 Å². The molecule has 6 nitrogen and oxygen atoms in total. The first kappa shape index (κ1) is 17.6. The molecule has 1 aromatic carbocycles. The van der Waals surface area contributed by atoms with E-state index in [1.165, 1.54) is 5.56 Å². The van der Waals surface area contributed by atoms with Crippen LogP contribution in [-0.2, 0) is 18.5 Å². The maximum Gasteiger partial charge on any atom is 0.261 e. The van der Waals surface area contributed by atoms with Crippen LogP contribution < -0.4 is 5.73 Å². The lowest BCUT2D eigenvalue weighted by molar-refractivity contribution is 0.229. The van der Waals surface area contributed by atoms with E-state index in [1.54, 1.807) is 0 Å². The van der Waals surface area contributed by atoms with Crippen molar-refractivity contribution >= 4 is 12.4 Å². The first-order chi connectivity index (χ1) is 11.7. The number of hydrogen-bond donors (Lipinski definition) is 1. The Balaban J connectivity index is 0.00000182. The SMILES string of the molecule is CCc1c(-c2nc(C3(N)CCC3)no2)cnn1Cc1ccccc1.Cl. The zero-order valence-corrected chi connectivity index (χ0v) is 15.0. The van der Waals surface area contributed by atoms with E-state index < -0.39 is 5.54 Å². The van der Waals surface area contributed by atoms with Gasteiger partial charge in [0.15, 0.2) is 5.82 Å². The molecule has 0 bridgehead atoms. The number of halogens is 1. The number of aromatic nitrogens is 4. The summed E-state index contributed by atoms with van der Waals surface area (Å²) >= 11 is 0. The molecule has 1 aliphatic carbocycles. The highest BCUT2D eigenvalue weighted by molar-refractivity contribution is 5.85. The number of nitrogens with zero attached hydrogens (tertiary/aromatic N) is 4. The van der Waals surface area contributed by atoms with Crippen molar-refractivity contribution in [1.29, 1.82) is 0 Å². The highest BCUT2D eigenvalue weighted by atomic mass is 35.5. The van der Waals surface area contributed by atoms with Gasteiger partial charge in [0.2, 0.25) is 0 Å². The van der Waals surface area contributed by atoms with Gasteiger partial charge in [0.1, 0.15) is 0 Å². The molecule has 0 atom stereocenters. The van der Waals surface area contributed by atoms with E-state index in [-0.39, 0.29) is 12.4 Å². The monoisotopic (exact) mass is 359 g/mol. The Morgan fingerprint density at radius 2 is 2.00 bits per heavy atom. The number of nitrogens with two attached hydrogens (primary N) is 1. The zero-order chi connectivity index (χ0) is 16.6. The van der Waals surface area contributed by atoms with Crippen LogP contribution in [0.25, 0.3) is 11.5 Å². The summed E-state index contributed by atoms with van der Waals surface area (Å²) in [6, 6.07) is 10.3. The van der Waals surface area contributed by atoms with Crippen molar-refractivity contribution < 1.29 is 4.52 Å². The van der Waals surface area contributed by atoms with E-state index in [9.17, 15) is 0 Å². The molecule has 2 N–H and O–H groups in total. The number of hydrogen-bond acceptors (Lipinski definition) is 5. The van der Waals surface area contributed by atoms with Gasteiger partial charge in [0.25, 0.3) is 5.89 Å². The van der Waals surface area contributed by atoms with Crippen molar-refractivity contribution in [3.63, 3.8) is 0 Å². The number of rotatable bonds is 5. The minimum atomic E-state index is -0.409. The Labute approximate surface area is 152 Å². The maximum absolute atomic E-state index is 6.29. The highest BCUT2D eigenvalue weighted by Crippen LogP contribution is 2.38. The normalized spacial score (nSPS) is 15.4. The highest BCUT2D eigenvalue weighted by Gasteiger charge is 2.39. The molecule has 1 saturated carbocycles. The molecule has 1 aliphatic rings. The van der Waals surface area contributed by atoms with Crippen LogP contribution >= 0.6 is 12.4 Å². The van der Waals surface area contributed by atoms with E-state index in [2.05, 4.69) is 34.3 Å². The fourth-order valence-electron chi connectivity index (χ4n) is 3.17. The van der Waals surface area contributed by atoms with Crippen molar-refractivity contribution in [2.45, 2.75) is 44.7 Å². The molecule has 1 fully saturated rings. The lowest BCUT2D eigenvalue weighted by Crippen LogP contribution is -2.44. The summed E-state index contributed by atoms with van der Waals surface area (Å²) in [7, 11) is 0. The summed E-state index contributed by atoms with van der Waals surface area (Å²) < 4.78 is 7.48. The first-order valence-electron chi connectivity index (χ1n) is 8.41. The van der Waals surface area contributed by atoms with E-state index >= 15 is 0 Å². The Morgan fingerprint density at radius 3 is 2.64 bits per heavy atom. The van der Waals surface area contributed by atoms with Gasteiger partial charge in [-0.15, -0.1) is 12.4 Å². The van der Waals surface area contributed by atoms with Crippen molar-refractivity contribution in [3.05, 3.63) is 53.6 Å². The van der Waals surface area contributed by atoms with Crippen LogP contribution in [-0.4, -0.2) is 19.9 Å². The van der Waals surface area contributed by atoms with Gasteiger partial charge in [-0.1, -0.05) is 42.4 Å². The second-order valence-electron chi connectivity index (χ2n) is 6.43. The van der Waals surface area contributed by atoms with E-state index in [4.69, 9.17) is 10.3 Å². The van der Waals surface area contributed by atoms with E-state index in [1.807, 2.05) is 29.1 Å². The molecule has 0 spiro atoms. The van der Waals surface area contributed by atoms with Gasteiger partial charge >= 0.3 is 0 Å². The molecule has 0 radical (unpaired) electrons. The van der Waals surface area contributed by atoms with Crippen molar-refractivity contribution in [1.82, 2.24) is 19.9 Å². The summed E-state index contributed by atoms with van der Waals surface area (Å²) in [5.41, 5.74) is 9.08. The summed E-state index contributed by atoms with van der Waals surface area (Å²) in [5.74, 6) is 1.12. The van der Waals surface area contributed by atoms with Gasteiger partial charge in [-0.3, -0.25) is 4.68 Å². The molecule has 2 aromatic heterocycles. The van der Waals surface area contributed by atoms with Gasteiger partial charge < -0.3 is 10.3 Å². The number of benzene rings is 1. The minimum Gasteiger partial charge on any atom is -0.334 e. The summed E-state index contributed by atoms with van der Waals surface area (Å²) in [6.07, 6.45) is 5.60. The van der Waals surface area contributed by atoms with E-state index in [0.29, 0.717) is 11.7 Å². The fourth-order valence-corrected chi connectivity index (χ4v) is 3.17. The maximum atomic E-state index is 6.29. The molecule has 0 unspecified atom stereocenters. The predicted octanol–water partition coefficient (Wildman–Crippen LogP) is 3.30. The Morgan fingerprint density at radius 1 is 1.24 bits per heavy atom. The molecule has 7 heteroatoms. The molecule has 0 amide bonds. The molecule has 0 saturated heterocycles. The van der Waals surface area contributed by atoms with Crippen LogP contribution in [0.4, 0.5) is 0 Å². The third kappa shape index (κ3) is 3.19. The lowest BCUT2D eigenvalue weighted by atomic mass is 9.77. The predicted molar refractivity (Wildman–Crippen MR) is 97.4 cm³/mol. The zero-order valence-electron chi connectivity index (χ0n) is 14.2. The smallest absolute Gasteiger partial charge is 0.261 e. The Kier molecular flexibility index (Phi) is 4.92. The largest absolute Gasteiger partial charge is 0.334 e. The van der Waals surface area contributed by atoms with Crippen LogP contribution in [0.5, 0.6) is 0 Å². The molecular weight excluding hydrogens is 338 g/mol. The second kappa shape index (κ2) is 6.98. The van der Waals surface area contributed by atoms with Gasteiger partial charge in [-0.05, 0) is 31.2 Å². The molecule has 0 aliphatic heterocycles. The Hall–Kier alpha value is -2.18. The average molecular weight is 360 g/mol. The van der Waals surface area contributed by atoms with Crippen molar-refractivity contribution in [2.24, 2.45) is 5.73 Å². The molecule has 4 rings (SSSR count).